The first-order valence-corrected chi connectivity index (χ1v) is 5.93. The van der Waals surface area contributed by atoms with Crippen LogP contribution in [0.5, 0.6) is 0 Å². The zero-order chi connectivity index (χ0) is 13.3. The maximum Gasteiger partial charge on any atom is 0.410 e. The van der Waals surface area contributed by atoms with Crippen LogP contribution in [-0.2, 0) is 4.74 Å². The van der Waals surface area contributed by atoms with E-state index in [0.29, 0.717) is 13.1 Å². The molecular weight excluding hydrogens is 235 g/mol. The Morgan fingerprint density at radius 2 is 2.11 bits per heavy atom. The fraction of sp³-hybridized carbons (Fsp3) is 0.538. The molecule has 0 unspecified atom stereocenters. The summed E-state index contributed by atoms with van der Waals surface area (Å²) in [6.45, 7) is 6.61. The molecule has 0 saturated carbocycles. The number of rotatable bonds is 1. The van der Waals surface area contributed by atoms with Crippen LogP contribution in [0.1, 0.15) is 32.3 Å². The first-order valence-electron chi connectivity index (χ1n) is 5.93. The number of aromatic nitrogens is 1. The van der Waals surface area contributed by atoms with Crippen molar-refractivity contribution in [3.05, 3.63) is 29.8 Å². The van der Waals surface area contributed by atoms with Crippen LogP contribution in [-0.4, -0.2) is 34.7 Å². The Balaban J connectivity index is 1.89. The van der Waals surface area contributed by atoms with Crippen LogP contribution in [0.4, 0.5) is 9.18 Å². The summed E-state index contributed by atoms with van der Waals surface area (Å²) in [6.07, 6.45) is 2.50. The molecule has 0 aromatic carbocycles. The third-order valence-electron chi connectivity index (χ3n) is 2.73. The highest BCUT2D eigenvalue weighted by Gasteiger charge is 2.34. The van der Waals surface area contributed by atoms with Gasteiger partial charge in [0.2, 0.25) is 0 Å². The Morgan fingerprint density at radius 1 is 1.44 bits per heavy atom. The lowest BCUT2D eigenvalue weighted by molar-refractivity contribution is 0.00815. The van der Waals surface area contributed by atoms with Gasteiger partial charge in [-0.05, 0) is 32.4 Å². The van der Waals surface area contributed by atoms with Gasteiger partial charge in [0.15, 0.2) is 0 Å². The Kier molecular flexibility index (Phi) is 3.24. The fourth-order valence-corrected chi connectivity index (χ4v) is 1.82. The minimum Gasteiger partial charge on any atom is -0.444 e. The SMILES string of the molecule is CC(C)(C)OC(=O)N1CC(c2cncc(F)c2)C1. The largest absolute Gasteiger partial charge is 0.444 e. The van der Waals surface area contributed by atoms with Crippen LogP contribution in [0.25, 0.3) is 0 Å². The number of likely N-dealkylation sites (tertiary alicyclic amines) is 1. The number of hydrogen-bond donors (Lipinski definition) is 0. The number of carbonyl (C=O) groups is 1. The zero-order valence-corrected chi connectivity index (χ0v) is 10.8. The number of carbonyl (C=O) groups excluding carboxylic acids is 1. The standard InChI is InChI=1S/C13H17FN2O2/c1-13(2,3)18-12(17)16-7-10(8-16)9-4-11(14)6-15-5-9/h4-6,10H,7-8H2,1-3H3. The van der Waals surface area contributed by atoms with E-state index in [9.17, 15) is 9.18 Å². The van der Waals surface area contributed by atoms with Crippen molar-refractivity contribution in [1.29, 1.82) is 0 Å². The smallest absolute Gasteiger partial charge is 0.410 e. The summed E-state index contributed by atoms with van der Waals surface area (Å²) in [5, 5.41) is 0. The fourth-order valence-electron chi connectivity index (χ4n) is 1.82. The van der Waals surface area contributed by atoms with E-state index in [4.69, 9.17) is 4.74 Å². The van der Waals surface area contributed by atoms with Crippen molar-refractivity contribution in [1.82, 2.24) is 9.88 Å². The van der Waals surface area contributed by atoms with Gasteiger partial charge < -0.3 is 9.64 Å². The van der Waals surface area contributed by atoms with Crippen molar-refractivity contribution in [3.63, 3.8) is 0 Å². The normalized spacial score (nSPS) is 16.3. The van der Waals surface area contributed by atoms with Crippen molar-refractivity contribution >= 4 is 6.09 Å². The van der Waals surface area contributed by atoms with Gasteiger partial charge >= 0.3 is 6.09 Å². The highest BCUT2D eigenvalue weighted by molar-refractivity contribution is 5.69. The van der Waals surface area contributed by atoms with Crippen LogP contribution in [0.3, 0.4) is 0 Å². The molecule has 0 spiro atoms. The number of amides is 1. The van der Waals surface area contributed by atoms with E-state index in [1.165, 1.54) is 12.3 Å². The molecule has 1 amide bonds. The van der Waals surface area contributed by atoms with Crippen LogP contribution < -0.4 is 0 Å². The molecule has 1 aliphatic rings. The molecule has 4 nitrogen and oxygen atoms in total. The Morgan fingerprint density at radius 3 is 2.67 bits per heavy atom. The average Bonchev–Trinajstić information content (AvgIpc) is 2.11. The average molecular weight is 252 g/mol. The van der Waals surface area contributed by atoms with Gasteiger partial charge in [0.25, 0.3) is 0 Å². The number of pyridine rings is 1. The predicted octanol–water partition coefficient (Wildman–Crippen LogP) is 2.56. The first-order chi connectivity index (χ1) is 8.35. The topological polar surface area (TPSA) is 42.4 Å². The van der Waals surface area contributed by atoms with Gasteiger partial charge in [-0.15, -0.1) is 0 Å². The van der Waals surface area contributed by atoms with Crippen molar-refractivity contribution in [2.75, 3.05) is 13.1 Å². The summed E-state index contributed by atoms with van der Waals surface area (Å²) in [4.78, 5) is 17.1. The molecule has 0 N–H and O–H groups in total. The molecule has 2 rings (SSSR count). The lowest BCUT2D eigenvalue weighted by atomic mass is 9.93. The lowest BCUT2D eigenvalue weighted by Gasteiger charge is -2.39. The molecule has 1 saturated heterocycles. The van der Waals surface area contributed by atoms with Crippen molar-refractivity contribution in [2.24, 2.45) is 0 Å². The summed E-state index contributed by atoms with van der Waals surface area (Å²) in [7, 11) is 0. The van der Waals surface area contributed by atoms with Crippen LogP contribution >= 0.6 is 0 Å². The van der Waals surface area contributed by atoms with Gasteiger partial charge in [-0.3, -0.25) is 4.98 Å². The van der Waals surface area contributed by atoms with E-state index in [1.807, 2.05) is 20.8 Å². The second-order valence-electron chi connectivity index (χ2n) is 5.52. The van der Waals surface area contributed by atoms with Crippen molar-refractivity contribution in [2.45, 2.75) is 32.3 Å². The number of nitrogens with zero attached hydrogens (tertiary/aromatic N) is 2. The maximum absolute atomic E-state index is 13.0. The summed E-state index contributed by atoms with van der Waals surface area (Å²) >= 11 is 0. The van der Waals surface area contributed by atoms with Crippen LogP contribution in [0.15, 0.2) is 18.5 Å². The quantitative estimate of drug-likeness (QED) is 0.771. The van der Waals surface area contributed by atoms with Crippen LogP contribution in [0.2, 0.25) is 0 Å². The summed E-state index contributed by atoms with van der Waals surface area (Å²) in [5.74, 6) is -0.191. The second kappa shape index (κ2) is 4.55. The molecule has 0 atom stereocenters. The highest BCUT2D eigenvalue weighted by Crippen LogP contribution is 2.28. The predicted molar refractivity (Wildman–Crippen MR) is 64.7 cm³/mol. The van der Waals surface area contributed by atoms with Crippen molar-refractivity contribution < 1.29 is 13.9 Å². The Labute approximate surface area is 106 Å². The molecule has 0 radical (unpaired) electrons. The molecule has 1 aromatic rings. The summed E-state index contributed by atoms with van der Waals surface area (Å²) in [6, 6.07) is 1.46. The van der Waals surface area contributed by atoms with Gasteiger partial charge in [0.05, 0.1) is 6.20 Å². The van der Waals surface area contributed by atoms with E-state index in [0.717, 1.165) is 5.56 Å². The third kappa shape index (κ3) is 2.97. The van der Waals surface area contributed by atoms with E-state index >= 15 is 0 Å². The minimum absolute atomic E-state index is 0.153. The number of halogens is 1. The van der Waals surface area contributed by atoms with Crippen LogP contribution in [0, 0.1) is 5.82 Å². The lowest BCUT2D eigenvalue weighted by Crippen LogP contribution is -2.50. The molecule has 1 aromatic heterocycles. The number of ether oxygens (including phenoxy) is 1. The number of hydrogen-bond acceptors (Lipinski definition) is 3. The summed E-state index contributed by atoms with van der Waals surface area (Å²) < 4.78 is 18.2. The van der Waals surface area contributed by atoms with Crippen molar-refractivity contribution in [3.8, 4) is 0 Å². The Bertz CT molecular complexity index is 451. The Hall–Kier alpha value is -1.65. The zero-order valence-electron chi connectivity index (χ0n) is 10.8. The molecule has 5 heteroatoms. The molecule has 0 bridgehead atoms. The van der Waals surface area contributed by atoms with Gasteiger partial charge in [0.1, 0.15) is 11.4 Å². The second-order valence-corrected chi connectivity index (χ2v) is 5.52. The third-order valence-corrected chi connectivity index (χ3v) is 2.73. The van der Waals surface area contributed by atoms with Gasteiger partial charge in [-0.25, -0.2) is 9.18 Å². The molecule has 1 fully saturated rings. The maximum atomic E-state index is 13.0. The van der Waals surface area contributed by atoms with E-state index < -0.39 is 5.60 Å². The molecular formula is C13H17FN2O2. The van der Waals surface area contributed by atoms with Gasteiger partial charge in [-0.1, -0.05) is 0 Å². The van der Waals surface area contributed by atoms with Gasteiger partial charge in [-0.2, -0.15) is 0 Å². The van der Waals surface area contributed by atoms with E-state index in [-0.39, 0.29) is 17.8 Å². The van der Waals surface area contributed by atoms with E-state index in [2.05, 4.69) is 4.98 Å². The molecule has 1 aliphatic heterocycles. The van der Waals surface area contributed by atoms with Gasteiger partial charge in [0, 0.05) is 25.2 Å². The molecule has 18 heavy (non-hydrogen) atoms. The molecule has 2 heterocycles. The monoisotopic (exact) mass is 252 g/mol. The summed E-state index contributed by atoms with van der Waals surface area (Å²) in [5.41, 5.74) is 0.345. The first kappa shape index (κ1) is 12.8. The minimum atomic E-state index is -0.484. The molecule has 0 aliphatic carbocycles. The highest BCUT2D eigenvalue weighted by atomic mass is 19.1. The van der Waals surface area contributed by atoms with E-state index in [1.54, 1.807) is 11.1 Å². The molecule has 98 valence electrons.